The van der Waals surface area contributed by atoms with E-state index in [2.05, 4.69) is 15.5 Å². The van der Waals surface area contributed by atoms with Gasteiger partial charge in [-0.05, 0) is 84.1 Å². The van der Waals surface area contributed by atoms with Gasteiger partial charge in [-0.15, -0.1) is 23.1 Å². The standard InChI is InChI=1S/C35H39N9O6S5.2ClH/c1-48-21-9-6-18(7-10-21)13-49-32(47)28-25(55-24-11-8-19(14-52-33(36)37)12-20(24)15-53-34(38)39)17-51-31-27(30(46)44(28)31)42-29(45)26(23-16-54-35(40)41-23)43-50-22-4-2-3-5-22;;/h6-12,16,22,27,31H,2-5,13-15,17H2,1H3,(H3,36,37)(H3,38,39)(H2,40,41)(H,42,45);2*1H/b43-26-;;/t27-,31-;;/m1../s1. The van der Waals surface area contributed by atoms with Crippen LogP contribution in [0.4, 0.5) is 5.13 Å². The summed E-state index contributed by atoms with van der Waals surface area (Å²) in [4.78, 5) is 54.6. The fourth-order valence-electron chi connectivity index (χ4n) is 5.93. The third-order valence-corrected chi connectivity index (χ3v) is 13.6. The number of nitrogens with two attached hydrogens (primary N) is 5. The first-order valence-corrected chi connectivity index (χ1v) is 21.8. The van der Waals surface area contributed by atoms with E-state index in [4.69, 9.17) is 42.3 Å². The molecule has 1 aliphatic carbocycles. The van der Waals surface area contributed by atoms with Gasteiger partial charge < -0.3 is 50.2 Å². The van der Waals surface area contributed by atoms with Crippen LogP contribution in [0, 0.1) is 0 Å². The first-order valence-electron chi connectivity index (χ1n) is 17.1. The molecule has 2 fully saturated rings. The number of benzene rings is 2. The van der Waals surface area contributed by atoms with Crippen molar-refractivity contribution in [2.24, 2.45) is 16.6 Å². The van der Waals surface area contributed by atoms with E-state index >= 15 is 0 Å². The van der Waals surface area contributed by atoms with E-state index in [1.54, 1.807) is 36.8 Å². The molecule has 1 aromatic heterocycles. The number of carbonyl (C=O) groups is 3. The monoisotopic (exact) mass is 913 g/mol. The number of ether oxygens (including phenoxy) is 2. The molecule has 2 aromatic carbocycles. The number of halogens is 2. The van der Waals surface area contributed by atoms with Gasteiger partial charge in [-0.3, -0.25) is 36.8 Å². The highest BCUT2D eigenvalue weighted by atomic mass is 35.5. The van der Waals surface area contributed by atoms with Gasteiger partial charge in [-0.1, -0.05) is 41.2 Å². The van der Waals surface area contributed by atoms with Gasteiger partial charge in [0, 0.05) is 32.4 Å². The summed E-state index contributed by atoms with van der Waals surface area (Å²) in [5.74, 6) is 0.238. The van der Waals surface area contributed by atoms with E-state index in [1.807, 2.05) is 18.2 Å². The SMILES string of the molecule is COc1ccc(COC(=O)C2=C(Sc3ccc(CSC(N)=[NH2+])cc3CSC(N)=[NH2+])CS[C@@H]3[C@H](NC(=O)/C(=N\OC4CCCC4)c4csc(N)n4)C(=O)N23)cc1.[Cl-].[Cl-]. The number of nitrogen functional groups attached to an aromatic ring is 1. The highest BCUT2D eigenvalue weighted by Crippen LogP contribution is 2.46. The number of carbonyl (C=O) groups excluding carboxylic acids is 3. The number of oxime groups is 1. The summed E-state index contributed by atoms with van der Waals surface area (Å²) in [6.07, 6.45) is 3.60. The molecule has 0 radical (unpaired) electrons. The number of nitrogens with one attached hydrogen (secondary N) is 1. The van der Waals surface area contributed by atoms with Crippen LogP contribution < -0.4 is 62.9 Å². The average Bonchev–Trinajstić information content (AvgIpc) is 3.87. The lowest BCUT2D eigenvalue weighted by Crippen LogP contribution is -3.00. The maximum atomic E-state index is 14.0. The topological polar surface area (TPSA) is 249 Å². The number of hydrogen-bond acceptors (Lipinski definition) is 14. The number of nitrogens with zero attached hydrogens (tertiary/aromatic N) is 3. The van der Waals surface area contributed by atoms with Crippen molar-refractivity contribution in [2.75, 3.05) is 18.6 Å². The van der Waals surface area contributed by atoms with Gasteiger partial charge >= 0.3 is 5.97 Å². The molecule has 11 N–H and O–H groups in total. The zero-order valence-corrected chi connectivity index (χ0v) is 36.1. The molecule has 6 rings (SSSR count). The van der Waals surface area contributed by atoms with Crippen molar-refractivity contribution >= 4 is 97.3 Å². The molecule has 1 saturated carbocycles. The molecule has 2 atom stereocenters. The number of anilines is 1. The summed E-state index contributed by atoms with van der Waals surface area (Å²) in [6, 6.07) is 12.1. The van der Waals surface area contributed by atoms with E-state index < -0.39 is 29.2 Å². The van der Waals surface area contributed by atoms with Crippen LogP contribution in [0.25, 0.3) is 0 Å². The number of methoxy groups -OCH3 is 1. The molecule has 2 aliphatic heterocycles. The van der Waals surface area contributed by atoms with E-state index in [0.29, 0.717) is 27.9 Å². The number of amidine groups is 2. The van der Waals surface area contributed by atoms with Crippen LogP contribution in [-0.2, 0) is 42.1 Å². The summed E-state index contributed by atoms with van der Waals surface area (Å²) >= 11 is 6.54. The molecule has 1 saturated heterocycles. The van der Waals surface area contributed by atoms with Crippen molar-refractivity contribution in [1.82, 2.24) is 15.2 Å². The van der Waals surface area contributed by atoms with Gasteiger partial charge in [0.15, 0.2) is 10.8 Å². The number of thiazole rings is 1. The van der Waals surface area contributed by atoms with Crippen LogP contribution in [0.5, 0.6) is 5.75 Å². The van der Waals surface area contributed by atoms with E-state index in [-0.39, 0.29) is 70.1 Å². The Balaban J connectivity index is 0.00000360. The zero-order chi connectivity index (χ0) is 39.1. The number of hydrogen-bond donors (Lipinski definition) is 6. The molecule has 0 bridgehead atoms. The summed E-state index contributed by atoms with van der Waals surface area (Å²) in [7, 11) is 1.57. The molecule has 306 valence electrons. The molecule has 15 nitrogen and oxygen atoms in total. The van der Waals surface area contributed by atoms with E-state index in [1.165, 1.54) is 51.9 Å². The summed E-state index contributed by atoms with van der Waals surface area (Å²) < 4.78 is 11.1. The minimum absolute atomic E-state index is 0. The summed E-state index contributed by atoms with van der Waals surface area (Å²) in [5.41, 5.74) is 20.3. The first kappa shape index (κ1) is 45.9. The van der Waals surface area contributed by atoms with Crippen molar-refractivity contribution in [2.45, 2.75) is 66.2 Å². The largest absolute Gasteiger partial charge is 1.00 e. The van der Waals surface area contributed by atoms with Crippen LogP contribution >= 0.6 is 58.4 Å². The molecule has 0 unspecified atom stereocenters. The highest BCUT2D eigenvalue weighted by molar-refractivity contribution is 8.13. The molecule has 3 heterocycles. The van der Waals surface area contributed by atoms with Gasteiger partial charge in [0.25, 0.3) is 22.1 Å². The highest BCUT2D eigenvalue weighted by Gasteiger charge is 2.55. The van der Waals surface area contributed by atoms with E-state index in [9.17, 15) is 14.4 Å². The van der Waals surface area contributed by atoms with E-state index in [0.717, 1.165) is 58.6 Å². The van der Waals surface area contributed by atoms with Crippen molar-refractivity contribution in [3.63, 3.8) is 0 Å². The van der Waals surface area contributed by atoms with Crippen LogP contribution in [0.15, 0.2) is 68.5 Å². The van der Waals surface area contributed by atoms with Crippen molar-refractivity contribution in [3.8, 4) is 5.75 Å². The predicted octanol–water partition coefficient (Wildman–Crippen LogP) is -4.83. The molecule has 0 spiro atoms. The molecule has 3 aliphatic rings. The molecule has 2 amide bonds. The molecule has 22 heteroatoms. The Morgan fingerprint density at radius 3 is 2.37 bits per heavy atom. The van der Waals surface area contributed by atoms with Crippen molar-refractivity contribution in [1.29, 1.82) is 0 Å². The predicted molar refractivity (Wildman–Crippen MR) is 218 cm³/mol. The number of rotatable bonds is 15. The maximum absolute atomic E-state index is 14.0. The fraction of sp³-hybridized carbons (Fsp3) is 0.343. The lowest BCUT2D eigenvalue weighted by atomic mass is 10.0. The lowest BCUT2D eigenvalue weighted by molar-refractivity contribution is -0.153. The Kier molecular flexibility index (Phi) is 17.1. The number of aromatic nitrogens is 1. The molecule has 3 aromatic rings. The van der Waals surface area contributed by atoms with Crippen LogP contribution in [0.1, 0.15) is 48.1 Å². The van der Waals surface area contributed by atoms with Crippen molar-refractivity contribution < 1.29 is 64.3 Å². The minimum atomic E-state index is -0.959. The first-order chi connectivity index (χ1) is 26.5. The third-order valence-electron chi connectivity index (χ3n) is 8.68. The average molecular weight is 915 g/mol. The third kappa shape index (κ3) is 11.7. The number of fused-ring (bicyclic) bond motifs is 1. The number of β-lactam (4-membered cyclic amide) rings is 1. The second kappa shape index (κ2) is 21.3. The Hall–Kier alpha value is -3.79. The fourth-order valence-corrected chi connectivity index (χ4v) is 10.2. The Labute approximate surface area is 362 Å². The molecule has 57 heavy (non-hydrogen) atoms. The van der Waals surface area contributed by atoms with Gasteiger partial charge in [-0.2, -0.15) is 0 Å². The zero-order valence-electron chi connectivity index (χ0n) is 30.5. The van der Waals surface area contributed by atoms with Crippen LogP contribution in [-0.4, -0.2) is 74.1 Å². The van der Waals surface area contributed by atoms with Crippen LogP contribution in [0.3, 0.4) is 0 Å². The maximum Gasteiger partial charge on any atom is 0.356 e. The van der Waals surface area contributed by atoms with Gasteiger partial charge in [0.05, 0.1) is 7.11 Å². The second-order valence-corrected chi connectivity index (χ2v) is 17.7. The molecular weight excluding hydrogens is 874 g/mol. The Morgan fingerprint density at radius 2 is 1.72 bits per heavy atom. The van der Waals surface area contributed by atoms with Gasteiger partial charge in [0.1, 0.15) is 41.3 Å². The smallest absolute Gasteiger partial charge is 0.356 e. The minimum Gasteiger partial charge on any atom is -1.00 e. The second-order valence-electron chi connectivity index (χ2n) is 12.5. The molecular formula is C35H41Cl2N9O6S5. The Bertz CT molecular complexity index is 2030. The lowest BCUT2D eigenvalue weighted by Gasteiger charge is -2.49. The number of esters is 1. The summed E-state index contributed by atoms with van der Waals surface area (Å²) in [6.45, 7) is -0.0387. The normalized spacial score (nSPS) is 17.7. The quantitative estimate of drug-likeness (QED) is 0.0276. The number of thioether (sulfide) groups is 4. The van der Waals surface area contributed by atoms with Gasteiger partial charge in [-0.25, -0.2) is 9.78 Å². The summed E-state index contributed by atoms with van der Waals surface area (Å²) in [5, 5.41) is 20.3. The van der Waals surface area contributed by atoms with Crippen molar-refractivity contribution in [3.05, 3.63) is 80.8 Å². The van der Waals surface area contributed by atoms with Crippen LogP contribution in [0.2, 0.25) is 0 Å². The van der Waals surface area contributed by atoms with Gasteiger partial charge in [0.2, 0.25) is 0 Å². The Morgan fingerprint density at radius 1 is 1.04 bits per heavy atom. The number of amides is 2.